The highest BCUT2D eigenvalue weighted by molar-refractivity contribution is 5.22. The lowest BCUT2D eigenvalue weighted by Crippen LogP contribution is -2.02. The zero-order chi connectivity index (χ0) is 12.3. The van der Waals surface area contributed by atoms with Crippen LogP contribution in [-0.2, 0) is 6.54 Å². The molecule has 90 valence electrons. The number of aliphatic hydroxyl groups is 1. The van der Waals surface area contributed by atoms with Crippen LogP contribution in [0.2, 0.25) is 0 Å². The van der Waals surface area contributed by atoms with Crippen molar-refractivity contribution in [1.82, 2.24) is 14.8 Å². The van der Waals surface area contributed by atoms with E-state index in [0.717, 1.165) is 24.2 Å². The quantitative estimate of drug-likeness (QED) is 0.876. The van der Waals surface area contributed by atoms with Gasteiger partial charge in [0.25, 0.3) is 0 Å². The van der Waals surface area contributed by atoms with E-state index in [1.807, 2.05) is 36.0 Å². The van der Waals surface area contributed by atoms with Gasteiger partial charge in [-0.1, -0.05) is 13.0 Å². The van der Waals surface area contributed by atoms with Gasteiger partial charge in [-0.15, -0.1) is 0 Å². The van der Waals surface area contributed by atoms with Crippen molar-refractivity contribution in [2.24, 2.45) is 0 Å². The van der Waals surface area contributed by atoms with Crippen LogP contribution in [0.4, 0.5) is 0 Å². The molecule has 4 nitrogen and oxygen atoms in total. The van der Waals surface area contributed by atoms with Crippen molar-refractivity contribution in [3.05, 3.63) is 47.5 Å². The Balaban J connectivity index is 2.21. The third kappa shape index (κ3) is 2.71. The van der Waals surface area contributed by atoms with Crippen LogP contribution in [-0.4, -0.2) is 19.9 Å². The minimum Gasteiger partial charge on any atom is -0.382 e. The van der Waals surface area contributed by atoms with Crippen molar-refractivity contribution in [1.29, 1.82) is 0 Å². The molecule has 0 saturated carbocycles. The standard InChI is InChI=1S/C13H17N3O/c1-3-7-16-9-11(8-14-16)13(17)12-6-4-5-10(2)15-12/h4-6,8-9,13,17H,3,7H2,1-2H3. The van der Waals surface area contributed by atoms with Gasteiger partial charge in [-0.25, -0.2) is 0 Å². The molecule has 1 atom stereocenters. The second-order valence-electron chi connectivity index (χ2n) is 4.14. The molecule has 1 N–H and O–H groups in total. The smallest absolute Gasteiger partial charge is 0.124 e. The molecule has 0 aliphatic rings. The summed E-state index contributed by atoms with van der Waals surface area (Å²) in [7, 11) is 0. The van der Waals surface area contributed by atoms with Crippen LogP contribution in [0.1, 0.15) is 36.4 Å². The minimum atomic E-state index is -0.694. The maximum absolute atomic E-state index is 10.2. The van der Waals surface area contributed by atoms with Crippen molar-refractivity contribution in [2.75, 3.05) is 0 Å². The highest BCUT2D eigenvalue weighted by Crippen LogP contribution is 2.19. The van der Waals surface area contributed by atoms with Gasteiger partial charge in [-0.05, 0) is 25.5 Å². The number of aliphatic hydroxyl groups excluding tert-OH is 1. The Morgan fingerprint density at radius 1 is 1.41 bits per heavy atom. The highest BCUT2D eigenvalue weighted by atomic mass is 16.3. The molecular weight excluding hydrogens is 214 g/mol. The van der Waals surface area contributed by atoms with Crippen molar-refractivity contribution in [3.63, 3.8) is 0 Å². The molecule has 0 aliphatic heterocycles. The Labute approximate surface area is 101 Å². The van der Waals surface area contributed by atoms with Crippen LogP contribution in [0.25, 0.3) is 0 Å². The van der Waals surface area contributed by atoms with Gasteiger partial charge >= 0.3 is 0 Å². The summed E-state index contributed by atoms with van der Waals surface area (Å²) in [6.07, 6.45) is 3.91. The van der Waals surface area contributed by atoms with Crippen molar-refractivity contribution >= 4 is 0 Å². The van der Waals surface area contributed by atoms with Gasteiger partial charge in [0.05, 0.1) is 11.9 Å². The molecule has 0 aromatic carbocycles. The summed E-state index contributed by atoms with van der Waals surface area (Å²) in [5.41, 5.74) is 2.36. The van der Waals surface area contributed by atoms with Crippen LogP contribution in [0.3, 0.4) is 0 Å². The first kappa shape index (κ1) is 11.8. The molecule has 2 aromatic rings. The molecule has 0 amide bonds. The third-order valence-electron chi connectivity index (χ3n) is 2.61. The number of hydrogen-bond acceptors (Lipinski definition) is 3. The average molecular weight is 231 g/mol. The lowest BCUT2D eigenvalue weighted by molar-refractivity contribution is 0.215. The van der Waals surface area contributed by atoms with Gasteiger partial charge in [0, 0.05) is 24.0 Å². The van der Waals surface area contributed by atoms with Gasteiger partial charge in [-0.2, -0.15) is 5.10 Å². The maximum Gasteiger partial charge on any atom is 0.124 e. The molecule has 0 saturated heterocycles. The summed E-state index contributed by atoms with van der Waals surface area (Å²) in [4.78, 5) is 4.32. The number of rotatable bonds is 4. The minimum absolute atomic E-state index is 0.668. The lowest BCUT2D eigenvalue weighted by Gasteiger charge is -2.08. The van der Waals surface area contributed by atoms with Crippen LogP contribution < -0.4 is 0 Å². The largest absolute Gasteiger partial charge is 0.382 e. The van der Waals surface area contributed by atoms with E-state index in [1.54, 1.807) is 6.20 Å². The second-order valence-corrected chi connectivity index (χ2v) is 4.14. The molecule has 2 aromatic heterocycles. The SMILES string of the molecule is CCCn1cc(C(O)c2cccc(C)n2)cn1. The first-order chi connectivity index (χ1) is 8.20. The predicted molar refractivity (Wildman–Crippen MR) is 65.6 cm³/mol. The summed E-state index contributed by atoms with van der Waals surface area (Å²) in [6, 6.07) is 5.64. The van der Waals surface area contributed by atoms with Crippen LogP contribution in [0.5, 0.6) is 0 Å². The van der Waals surface area contributed by atoms with Gasteiger partial charge in [-0.3, -0.25) is 9.67 Å². The van der Waals surface area contributed by atoms with E-state index in [4.69, 9.17) is 0 Å². The normalized spacial score (nSPS) is 12.6. The molecule has 0 bridgehead atoms. The Kier molecular flexibility index (Phi) is 3.54. The lowest BCUT2D eigenvalue weighted by atomic mass is 10.1. The molecule has 2 heterocycles. The van der Waals surface area contributed by atoms with Crippen LogP contribution >= 0.6 is 0 Å². The highest BCUT2D eigenvalue weighted by Gasteiger charge is 2.13. The fourth-order valence-electron chi connectivity index (χ4n) is 1.76. The molecule has 1 unspecified atom stereocenters. The number of aryl methyl sites for hydroxylation is 2. The van der Waals surface area contributed by atoms with Crippen molar-refractivity contribution < 1.29 is 5.11 Å². The van der Waals surface area contributed by atoms with Crippen LogP contribution in [0, 0.1) is 6.92 Å². The van der Waals surface area contributed by atoms with Crippen molar-refractivity contribution in [2.45, 2.75) is 32.9 Å². The Bertz CT molecular complexity index is 493. The molecule has 17 heavy (non-hydrogen) atoms. The van der Waals surface area contributed by atoms with E-state index in [2.05, 4.69) is 17.0 Å². The zero-order valence-electron chi connectivity index (χ0n) is 10.2. The fraction of sp³-hybridized carbons (Fsp3) is 0.385. The first-order valence-corrected chi connectivity index (χ1v) is 5.84. The molecular formula is C13H17N3O. The van der Waals surface area contributed by atoms with E-state index < -0.39 is 6.10 Å². The van der Waals surface area contributed by atoms with E-state index in [1.165, 1.54) is 0 Å². The summed E-state index contributed by atoms with van der Waals surface area (Å²) in [5.74, 6) is 0. The Morgan fingerprint density at radius 3 is 2.94 bits per heavy atom. The monoisotopic (exact) mass is 231 g/mol. The van der Waals surface area contributed by atoms with Gasteiger partial charge in [0.1, 0.15) is 6.10 Å². The Morgan fingerprint density at radius 2 is 2.24 bits per heavy atom. The molecule has 4 heteroatoms. The van der Waals surface area contributed by atoms with E-state index in [9.17, 15) is 5.11 Å². The molecule has 0 aliphatic carbocycles. The predicted octanol–water partition coefficient (Wildman–Crippen LogP) is 2.08. The average Bonchev–Trinajstić information content (AvgIpc) is 2.77. The Hall–Kier alpha value is -1.68. The van der Waals surface area contributed by atoms with Gasteiger partial charge in [0.15, 0.2) is 0 Å². The second kappa shape index (κ2) is 5.10. The molecule has 0 fully saturated rings. The van der Waals surface area contributed by atoms with Gasteiger partial charge in [0.2, 0.25) is 0 Å². The third-order valence-corrected chi connectivity index (χ3v) is 2.61. The van der Waals surface area contributed by atoms with E-state index in [-0.39, 0.29) is 0 Å². The summed E-state index contributed by atoms with van der Waals surface area (Å²) >= 11 is 0. The topological polar surface area (TPSA) is 50.9 Å². The zero-order valence-corrected chi connectivity index (χ0v) is 10.2. The summed E-state index contributed by atoms with van der Waals surface area (Å²) in [6.45, 7) is 4.88. The number of hydrogen-bond donors (Lipinski definition) is 1. The number of pyridine rings is 1. The molecule has 2 rings (SSSR count). The van der Waals surface area contributed by atoms with Gasteiger partial charge < -0.3 is 5.11 Å². The van der Waals surface area contributed by atoms with E-state index >= 15 is 0 Å². The first-order valence-electron chi connectivity index (χ1n) is 5.84. The maximum atomic E-state index is 10.2. The summed E-state index contributed by atoms with van der Waals surface area (Å²) < 4.78 is 1.84. The number of aromatic nitrogens is 3. The summed E-state index contributed by atoms with van der Waals surface area (Å²) in [5, 5.41) is 14.4. The van der Waals surface area contributed by atoms with Crippen molar-refractivity contribution in [3.8, 4) is 0 Å². The number of nitrogens with zero attached hydrogens (tertiary/aromatic N) is 3. The molecule has 0 radical (unpaired) electrons. The van der Waals surface area contributed by atoms with Crippen LogP contribution in [0.15, 0.2) is 30.6 Å². The fourth-order valence-corrected chi connectivity index (χ4v) is 1.76. The molecule has 0 spiro atoms. The van der Waals surface area contributed by atoms with E-state index in [0.29, 0.717) is 5.69 Å².